The average molecular weight is 391 g/mol. The van der Waals surface area contributed by atoms with Gasteiger partial charge in [0.1, 0.15) is 12.1 Å². The van der Waals surface area contributed by atoms with Crippen molar-refractivity contribution in [3.8, 4) is 0 Å². The molecule has 2 aromatic carbocycles. The van der Waals surface area contributed by atoms with Crippen LogP contribution in [0, 0.1) is 11.7 Å². The Kier molecular flexibility index (Phi) is 7.07. The number of aldehydes is 1. The molecule has 7 heteroatoms. The maximum absolute atomic E-state index is 13.5. The van der Waals surface area contributed by atoms with Crippen LogP contribution in [-0.2, 0) is 20.8 Å². The van der Waals surface area contributed by atoms with Gasteiger partial charge in [0.2, 0.25) is 0 Å². The molecule has 27 heavy (non-hydrogen) atoms. The molecule has 2 atom stereocenters. The molecule has 0 heterocycles. The summed E-state index contributed by atoms with van der Waals surface area (Å²) in [5.74, 6) is -3.13. The second-order valence-electron chi connectivity index (χ2n) is 6.08. The number of anilines is 1. The summed E-state index contributed by atoms with van der Waals surface area (Å²) < 4.78 is 13.5. The zero-order valence-corrected chi connectivity index (χ0v) is 15.7. The fourth-order valence-corrected chi connectivity index (χ4v) is 2.82. The Bertz CT molecular complexity index is 857. The van der Waals surface area contributed by atoms with Crippen LogP contribution in [0.1, 0.15) is 31.0 Å². The third kappa shape index (κ3) is 5.14. The number of aryl methyl sites for hydroxylation is 1. The van der Waals surface area contributed by atoms with E-state index in [2.05, 4.69) is 10.6 Å². The van der Waals surface area contributed by atoms with Crippen molar-refractivity contribution in [1.82, 2.24) is 5.32 Å². The van der Waals surface area contributed by atoms with Crippen LogP contribution >= 0.6 is 11.6 Å². The third-order valence-corrected chi connectivity index (χ3v) is 4.49. The molecule has 2 aromatic rings. The highest BCUT2D eigenvalue weighted by Crippen LogP contribution is 2.25. The second kappa shape index (κ2) is 9.28. The van der Waals surface area contributed by atoms with Gasteiger partial charge in [0, 0.05) is 11.6 Å². The molecule has 2 N–H and O–H groups in total. The number of hydrogen-bond acceptors (Lipinski definition) is 3. The van der Waals surface area contributed by atoms with E-state index in [1.807, 2.05) is 31.2 Å². The molecule has 0 aliphatic heterocycles. The van der Waals surface area contributed by atoms with Crippen molar-refractivity contribution < 1.29 is 18.8 Å². The fraction of sp³-hybridized carbons (Fsp3) is 0.250. The molecular weight excluding hydrogens is 371 g/mol. The van der Waals surface area contributed by atoms with Crippen molar-refractivity contribution in [2.45, 2.75) is 26.3 Å². The summed E-state index contributed by atoms with van der Waals surface area (Å²) in [5.41, 5.74) is 1.85. The van der Waals surface area contributed by atoms with Gasteiger partial charge in [-0.2, -0.15) is 0 Å². The van der Waals surface area contributed by atoms with Gasteiger partial charge < -0.3 is 15.4 Å². The zero-order chi connectivity index (χ0) is 20.0. The first-order valence-corrected chi connectivity index (χ1v) is 8.85. The summed E-state index contributed by atoms with van der Waals surface area (Å²) in [4.78, 5) is 35.8. The number of carbonyl (C=O) groups is 3. The van der Waals surface area contributed by atoms with Gasteiger partial charge in [-0.05, 0) is 35.7 Å². The van der Waals surface area contributed by atoms with Crippen molar-refractivity contribution >= 4 is 35.4 Å². The van der Waals surface area contributed by atoms with Crippen LogP contribution in [0.4, 0.5) is 10.1 Å². The molecule has 0 aliphatic carbocycles. The second-order valence-corrected chi connectivity index (χ2v) is 6.49. The van der Waals surface area contributed by atoms with E-state index in [1.165, 1.54) is 12.1 Å². The Morgan fingerprint density at radius 1 is 1.19 bits per heavy atom. The maximum atomic E-state index is 13.5. The molecule has 5 nitrogen and oxygen atoms in total. The van der Waals surface area contributed by atoms with Crippen LogP contribution in [0.25, 0.3) is 0 Å². The Hall–Kier alpha value is -2.73. The minimum absolute atomic E-state index is 0.0894. The van der Waals surface area contributed by atoms with E-state index in [-0.39, 0.29) is 10.7 Å². The number of benzene rings is 2. The van der Waals surface area contributed by atoms with Crippen molar-refractivity contribution in [3.05, 3.63) is 64.4 Å². The number of rotatable bonds is 6. The SMILES string of the molecule is CCc1ccccc1[C@H](NC(=O)C(=O)Nc1ccc(Cl)c(F)c1)[C@@H](C)C=O. The molecule has 0 radical (unpaired) electrons. The predicted molar refractivity (Wildman–Crippen MR) is 102 cm³/mol. The van der Waals surface area contributed by atoms with Gasteiger partial charge in [0.25, 0.3) is 0 Å². The van der Waals surface area contributed by atoms with Crippen molar-refractivity contribution in [1.29, 1.82) is 0 Å². The Morgan fingerprint density at radius 2 is 1.89 bits per heavy atom. The quantitative estimate of drug-likeness (QED) is 0.583. The smallest absolute Gasteiger partial charge is 0.313 e. The predicted octanol–water partition coefficient (Wildman–Crippen LogP) is 3.67. The molecule has 0 saturated carbocycles. The van der Waals surface area contributed by atoms with Gasteiger partial charge in [-0.25, -0.2) is 4.39 Å². The van der Waals surface area contributed by atoms with Crippen LogP contribution in [0.3, 0.4) is 0 Å². The maximum Gasteiger partial charge on any atom is 0.313 e. The lowest BCUT2D eigenvalue weighted by Crippen LogP contribution is -2.40. The van der Waals surface area contributed by atoms with Crippen LogP contribution in [0.15, 0.2) is 42.5 Å². The molecule has 2 amide bonds. The summed E-state index contributed by atoms with van der Waals surface area (Å²) in [7, 11) is 0. The van der Waals surface area contributed by atoms with E-state index < -0.39 is 29.6 Å². The van der Waals surface area contributed by atoms with Gasteiger partial charge in [-0.1, -0.05) is 49.7 Å². The van der Waals surface area contributed by atoms with E-state index in [0.717, 1.165) is 23.5 Å². The number of hydrogen-bond donors (Lipinski definition) is 2. The molecule has 0 saturated heterocycles. The van der Waals surface area contributed by atoms with E-state index >= 15 is 0 Å². The summed E-state index contributed by atoms with van der Waals surface area (Å²) in [5, 5.41) is 4.83. The molecule has 0 bridgehead atoms. The normalized spacial score (nSPS) is 12.7. The molecule has 142 valence electrons. The summed E-state index contributed by atoms with van der Waals surface area (Å²) in [6.07, 6.45) is 1.44. The first-order valence-electron chi connectivity index (χ1n) is 8.47. The highest BCUT2D eigenvalue weighted by Gasteiger charge is 2.26. The van der Waals surface area contributed by atoms with Gasteiger partial charge >= 0.3 is 11.8 Å². The highest BCUT2D eigenvalue weighted by atomic mass is 35.5. The lowest BCUT2D eigenvalue weighted by atomic mass is 9.91. The third-order valence-electron chi connectivity index (χ3n) is 4.18. The van der Waals surface area contributed by atoms with Gasteiger partial charge in [-0.3, -0.25) is 9.59 Å². The van der Waals surface area contributed by atoms with Crippen LogP contribution in [0.2, 0.25) is 5.02 Å². The highest BCUT2D eigenvalue weighted by molar-refractivity contribution is 6.39. The zero-order valence-electron chi connectivity index (χ0n) is 15.0. The summed E-state index contributed by atoms with van der Waals surface area (Å²) in [6.45, 7) is 3.63. The number of carbonyl (C=O) groups excluding carboxylic acids is 3. The van der Waals surface area contributed by atoms with E-state index in [9.17, 15) is 18.8 Å². The lowest BCUT2D eigenvalue weighted by molar-refractivity contribution is -0.137. The lowest BCUT2D eigenvalue weighted by Gasteiger charge is -2.24. The topological polar surface area (TPSA) is 75.3 Å². The first-order chi connectivity index (χ1) is 12.9. The summed E-state index contributed by atoms with van der Waals surface area (Å²) in [6, 6.07) is 10.4. The molecule has 0 unspecified atom stereocenters. The van der Waals surface area contributed by atoms with Crippen molar-refractivity contribution in [2.24, 2.45) is 5.92 Å². The largest absolute Gasteiger partial charge is 0.340 e. The average Bonchev–Trinajstić information content (AvgIpc) is 2.68. The van der Waals surface area contributed by atoms with Crippen molar-refractivity contribution in [2.75, 3.05) is 5.32 Å². The first kappa shape index (κ1) is 20.6. The molecule has 0 fully saturated rings. The molecule has 0 spiro atoms. The molecule has 2 rings (SSSR count). The van der Waals surface area contributed by atoms with Gasteiger partial charge in [-0.15, -0.1) is 0 Å². The van der Waals surface area contributed by atoms with E-state index in [4.69, 9.17) is 11.6 Å². The summed E-state index contributed by atoms with van der Waals surface area (Å²) >= 11 is 5.60. The van der Waals surface area contributed by atoms with Crippen LogP contribution in [-0.4, -0.2) is 18.1 Å². The number of halogens is 2. The number of amides is 2. The van der Waals surface area contributed by atoms with E-state index in [0.29, 0.717) is 6.42 Å². The fourth-order valence-electron chi connectivity index (χ4n) is 2.70. The standard InChI is InChI=1S/C20H20ClFN2O3/c1-3-13-6-4-5-7-15(13)18(12(2)11-25)24-20(27)19(26)23-14-8-9-16(21)17(22)10-14/h4-12,18H,3H2,1-2H3,(H,23,26)(H,24,27)/t12-,18+/m0/s1. The van der Waals surface area contributed by atoms with Crippen LogP contribution in [0.5, 0.6) is 0 Å². The van der Waals surface area contributed by atoms with Gasteiger partial charge in [0.05, 0.1) is 11.1 Å². The molecule has 0 aliphatic rings. The molecule has 0 aromatic heterocycles. The van der Waals surface area contributed by atoms with Gasteiger partial charge in [0.15, 0.2) is 0 Å². The minimum Gasteiger partial charge on any atom is -0.340 e. The Morgan fingerprint density at radius 3 is 2.52 bits per heavy atom. The number of nitrogens with one attached hydrogen (secondary N) is 2. The van der Waals surface area contributed by atoms with Crippen LogP contribution < -0.4 is 10.6 Å². The van der Waals surface area contributed by atoms with E-state index in [1.54, 1.807) is 6.92 Å². The minimum atomic E-state index is -0.964. The Balaban J connectivity index is 2.18. The molecular formula is C20H20ClFN2O3. The van der Waals surface area contributed by atoms with Crippen molar-refractivity contribution in [3.63, 3.8) is 0 Å². The monoisotopic (exact) mass is 390 g/mol. The Labute approximate surface area is 161 Å².